The van der Waals surface area contributed by atoms with Gasteiger partial charge in [0.25, 0.3) is 0 Å². The lowest BCUT2D eigenvalue weighted by atomic mass is 9.85. The monoisotopic (exact) mass is 231 g/mol. The summed E-state index contributed by atoms with van der Waals surface area (Å²) in [4.78, 5) is 0. The van der Waals surface area contributed by atoms with Crippen LogP contribution in [-0.4, -0.2) is 25.1 Å². The summed E-state index contributed by atoms with van der Waals surface area (Å²) >= 11 is 1.95. The molecule has 1 N–H and O–H groups in total. The maximum atomic E-state index is 3.60. The van der Waals surface area contributed by atoms with Crippen LogP contribution < -0.4 is 5.32 Å². The third kappa shape index (κ3) is 8.15. The van der Waals surface area contributed by atoms with Gasteiger partial charge in [-0.15, -0.1) is 0 Å². The lowest BCUT2D eigenvalue weighted by Crippen LogP contribution is -2.30. The summed E-state index contributed by atoms with van der Waals surface area (Å²) < 4.78 is 0. The molecule has 0 fully saturated rings. The Kier molecular flexibility index (Phi) is 9.73. The van der Waals surface area contributed by atoms with E-state index in [9.17, 15) is 0 Å². The van der Waals surface area contributed by atoms with Gasteiger partial charge in [-0.05, 0) is 55.7 Å². The van der Waals surface area contributed by atoms with Crippen LogP contribution in [0.1, 0.15) is 40.5 Å². The van der Waals surface area contributed by atoms with E-state index in [1.54, 1.807) is 0 Å². The molecule has 15 heavy (non-hydrogen) atoms. The Morgan fingerprint density at radius 3 is 2.07 bits per heavy atom. The molecular weight excluding hydrogens is 202 g/mol. The molecule has 0 aliphatic heterocycles. The van der Waals surface area contributed by atoms with E-state index in [0.717, 1.165) is 17.8 Å². The smallest absolute Gasteiger partial charge is 0.00156 e. The summed E-state index contributed by atoms with van der Waals surface area (Å²) in [5.41, 5.74) is 0. The van der Waals surface area contributed by atoms with Crippen molar-refractivity contribution in [2.75, 3.05) is 25.1 Å². The van der Waals surface area contributed by atoms with Gasteiger partial charge < -0.3 is 5.32 Å². The molecule has 0 saturated heterocycles. The van der Waals surface area contributed by atoms with E-state index in [0.29, 0.717) is 0 Å². The lowest BCUT2D eigenvalue weighted by molar-refractivity contribution is 0.276. The highest BCUT2D eigenvalue weighted by Gasteiger charge is 2.16. The molecule has 0 bridgehead atoms. The molecule has 0 unspecified atom stereocenters. The number of hydrogen-bond acceptors (Lipinski definition) is 2. The first-order valence-electron chi connectivity index (χ1n) is 6.29. The molecule has 0 radical (unpaired) electrons. The Morgan fingerprint density at radius 2 is 1.60 bits per heavy atom. The van der Waals surface area contributed by atoms with E-state index in [4.69, 9.17) is 0 Å². The second-order valence-electron chi connectivity index (χ2n) is 5.06. The number of thioether (sulfide) groups is 1. The van der Waals surface area contributed by atoms with E-state index in [2.05, 4.69) is 39.3 Å². The minimum atomic E-state index is 0.795. The number of rotatable bonds is 9. The van der Waals surface area contributed by atoms with E-state index in [1.807, 2.05) is 11.8 Å². The molecule has 1 nitrogen and oxygen atoms in total. The van der Waals surface area contributed by atoms with Gasteiger partial charge in [-0.2, -0.15) is 11.8 Å². The van der Waals surface area contributed by atoms with Crippen molar-refractivity contribution in [1.29, 1.82) is 0 Å². The summed E-state index contributed by atoms with van der Waals surface area (Å²) in [6.45, 7) is 11.7. The van der Waals surface area contributed by atoms with Crippen molar-refractivity contribution in [3.63, 3.8) is 0 Å². The van der Waals surface area contributed by atoms with Gasteiger partial charge in [-0.1, -0.05) is 27.7 Å². The predicted octanol–water partition coefficient (Wildman–Crippen LogP) is 3.65. The van der Waals surface area contributed by atoms with E-state index >= 15 is 0 Å². The van der Waals surface area contributed by atoms with Crippen molar-refractivity contribution in [3.05, 3.63) is 0 Å². The summed E-state index contributed by atoms with van der Waals surface area (Å²) in [6, 6.07) is 0. The summed E-state index contributed by atoms with van der Waals surface area (Å²) in [7, 11) is 0. The molecule has 0 amide bonds. The van der Waals surface area contributed by atoms with Crippen LogP contribution in [0.15, 0.2) is 0 Å². The molecule has 92 valence electrons. The molecule has 0 spiro atoms. The highest BCUT2D eigenvalue weighted by atomic mass is 32.2. The third-order valence-corrected chi connectivity index (χ3v) is 3.74. The molecule has 0 atom stereocenters. The van der Waals surface area contributed by atoms with Gasteiger partial charge in [0.05, 0.1) is 0 Å². The minimum absolute atomic E-state index is 0.795. The molecule has 0 aromatic heterocycles. The zero-order valence-corrected chi connectivity index (χ0v) is 12.0. The van der Waals surface area contributed by atoms with E-state index < -0.39 is 0 Å². The van der Waals surface area contributed by atoms with Crippen molar-refractivity contribution in [3.8, 4) is 0 Å². The third-order valence-electron chi connectivity index (χ3n) is 3.04. The largest absolute Gasteiger partial charge is 0.316 e. The first-order chi connectivity index (χ1) is 7.09. The predicted molar refractivity (Wildman–Crippen MR) is 73.7 cm³/mol. The fraction of sp³-hybridized carbons (Fsp3) is 1.00. The molecule has 0 rings (SSSR count). The number of nitrogens with one attached hydrogen (secondary N) is 1. The fourth-order valence-electron chi connectivity index (χ4n) is 2.01. The van der Waals surface area contributed by atoms with E-state index in [-0.39, 0.29) is 0 Å². The Balaban J connectivity index is 3.46. The Bertz CT molecular complexity index is 126. The zero-order chi connectivity index (χ0) is 11.7. The van der Waals surface area contributed by atoms with Crippen molar-refractivity contribution < 1.29 is 0 Å². The van der Waals surface area contributed by atoms with Crippen molar-refractivity contribution >= 4 is 11.8 Å². The summed E-state index contributed by atoms with van der Waals surface area (Å²) in [6.07, 6.45) is 4.85. The molecule has 0 aromatic rings. The maximum absolute atomic E-state index is 3.60. The van der Waals surface area contributed by atoms with Gasteiger partial charge in [0.1, 0.15) is 0 Å². The standard InChI is InChI=1S/C13H29NS/c1-11(2)13(12(3)4)10-14-8-6-7-9-15-5/h11-14H,6-10H2,1-5H3. The van der Waals surface area contributed by atoms with Gasteiger partial charge in [0.15, 0.2) is 0 Å². The van der Waals surface area contributed by atoms with Crippen LogP contribution in [-0.2, 0) is 0 Å². The van der Waals surface area contributed by atoms with E-state index in [1.165, 1.54) is 31.7 Å². The first-order valence-corrected chi connectivity index (χ1v) is 7.68. The second kappa shape index (κ2) is 9.53. The van der Waals surface area contributed by atoms with Crippen LogP contribution in [0.25, 0.3) is 0 Å². The molecule has 0 aliphatic carbocycles. The topological polar surface area (TPSA) is 12.0 Å². The van der Waals surface area contributed by atoms with Gasteiger partial charge in [-0.25, -0.2) is 0 Å². The summed E-state index contributed by atoms with van der Waals surface area (Å²) in [5.74, 6) is 3.72. The maximum Gasteiger partial charge on any atom is -0.00156 e. The average Bonchev–Trinajstić information content (AvgIpc) is 2.15. The van der Waals surface area contributed by atoms with Crippen molar-refractivity contribution in [2.45, 2.75) is 40.5 Å². The number of unbranched alkanes of at least 4 members (excludes halogenated alkanes) is 1. The van der Waals surface area contributed by atoms with Crippen LogP contribution in [0.2, 0.25) is 0 Å². The van der Waals surface area contributed by atoms with Gasteiger partial charge in [-0.3, -0.25) is 0 Å². The molecule has 0 aromatic carbocycles. The Morgan fingerprint density at radius 1 is 1.00 bits per heavy atom. The van der Waals surface area contributed by atoms with Crippen molar-refractivity contribution in [1.82, 2.24) is 5.32 Å². The van der Waals surface area contributed by atoms with Crippen molar-refractivity contribution in [2.24, 2.45) is 17.8 Å². The van der Waals surface area contributed by atoms with Crippen LogP contribution in [0.3, 0.4) is 0 Å². The quantitative estimate of drug-likeness (QED) is 0.608. The van der Waals surface area contributed by atoms with Crippen LogP contribution >= 0.6 is 11.8 Å². The van der Waals surface area contributed by atoms with Gasteiger partial charge in [0, 0.05) is 0 Å². The Hall–Kier alpha value is 0.310. The minimum Gasteiger partial charge on any atom is -0.316 e. The highest BCUT2D eigenvalue weighted by molar-refractivity contribution is 7.98. The molecular formula is C13H29NS. The highest BCUT2D eigenvalue weighted by Crippen LogP contribution is 2.19. The second-order valence-corrected chi connectivity index (χ2v) is 6.04. The first kappa shape index (κ1) is 15.3. The normalized spacial score (nSPS) is 12.0. The SMILES string of the molecule is CSCCCCNCC(C(C)C)C(C)C. The van der Waals surface area contributed by atoms with Crippen LogP contribution in [0, 0.1) is 17.8 Å². The number of hydrogen-bond donors (Lipinski definition) is 1. The fourth-order valence-corrected chi connectivity index (χ4v) is 2.50. The molecule has 0 aliphatic rings. The molecule has 0 heterocycles. The average molecular weight is 231 g/mol. The van der Waals surface area contributed by atoms with Gasteiger partial charge >= 0.3 is 0 Å². The van der Waals surface area contributed by atoms with Crippen LogP contribution in [0.4, 0.5) is 0 Å². The van der Waals surface area contributed by atoms with Gasteiger partial charge in [0.2, 0.25) is 0 Å². The molecule has 2 heteroatoms. The summed E-state index contributed by atoms with van der Waals surface area (Å²) in [5, 5.41) is 3.60. The Labute approximate surface area is 101 Å². The lowest BCUT2D eigenvalue weighted by Gasteiger charge is -2.25. The molecule has 0 saturated carbocycles. The van der Waals surface area contributed by atoms with Crippen LogP contribution in [0.5, 0.6) is 0 Å². The zero-order valence-electron chi connectivity index (χ0n) is 11.2.